The summed E-state index contributed by atoms with van der Waals surface area (Å²) in [6.07, 6.45) is 3.51. The molecule has 0 aliphatic heterocycles. The summed E-state index contributed by atoms with van der Waals surface area (Å²) in [5, 5.41) is 5.24. The number of amides is 2. The van der Waals surface area contributed by atoms with E-state index in [1.165, 1.54) is 18.5 Å². The summed E-state index contributed by atoms with van der Waals surface area (Å²) in [7, 11) is 0. The van der Waals surface area contributed by atoms with Crippen molar-refractivity contribution in [1.29, 1.82) is 0 Å². The number of anilines is 1. The number of carbonyl (C=O) groups excluding carboxylic acids is 3. The second-order valence-corrected chi connectivity index (χ2v) is 6.58. The number of aldehydes is 1. The summed E-state index contributed by atoms with van der Waals surface area (Å²) in [4.78, 5) is 39.5. The van der Waals surface area contributed by atoms with E-state index in [-0.39, 0.29) is 5.92 Å². The number of rotatable bonds is 6. The van der Waals surface area contributed by atoms with Crippen molar-refractivity contribution in [3.05, 3.63) is 24.0 Å². The van der Waals surface area contributed by atoms with Gasteiger partial charge in [-0.3, -0.25) is 14.6 Å². The highest BCUT2D eigenvalue weighted by atomic mass is 16.6. The fourth-order valence-electron chi connectivity index (χ4n) is 1.96. The average Bonchev–Trinajstić information content (AvgIpc) is 2.50. The Labute approximate surface area is 142 Å². The van der Waals surface area contributed by atoms with Crippen LogP contribution in [-0.4, -0.2) is 34.9 Å². The highest BCUT2D eigenvalue weighted by molar-refractivity contribution is 6.00. The molecule has 0 aliphatic carbocycles. The van der Waals surface area contributed by atoms with E-state index in [4.69, 9.17) is 4.74 Å². The van der Waals surface area contributed by atoms with Gasteiger partial charge in [0.1, 0.15) is 11.6 Å². The number of hydrogen-bond donors (Lipinski definition) is 2. The Morgan fingerprint density at radius 2 is 2.04 bits per heavy atom. The van der Waals surface area contributed by atoms with Crippen LogP contribution in [0.2, 0.25) is 0 Å². The van der Waals surface area contributed by atoms with Crippen LogP contribution in [0.5, 0.6) is 0 Å². The van der Waals surface area contributed by atoms with Crippen LogP contribution in [0.4, 0.5) is 10.5 Å². The molecular formula is C17H25N3O4. The molecule has 0 aromatic carbocycles. The molecule has 1 heterocycles. The van der Waals surface area contributed by atoms with Crippen molar-refractivity contribution in [1.82, 2.24) is 10.3 Å². The van der Waals surface area contributed by atoms with Gasteiger partial charge in [-0.05, 0) is 32.8 Å². The van der Waals surface area contributed by atoms with Crippen LogP contribution in [0.25, 0.3) is 0 Å². The summed E-state index contributed by atoms with van der Waals surface area (Å²) in [5.41, 5.74) is -0.0375. The van der Waals surface area contributed by atoms with Crippen LogP contribution in [-0.2, 0) is 9.53 Å². The van der Waals surface area contributed by atoms with Crippen molar-refractivity contribution in [3.63, 3.8) is 0 Å². The summed E-state index contributed by atoms with van der Waals surface area (Å²) in [5.74, 6) is -0.541. The number of alkyl carbamates (subject to hydrolysis) is 1. The van der Waals surface area contributed by atoms with Crippen LogP contribution >= 0.6 is 0 Å². The lowest BCUT2D eigenvalue weighted by molar-refractivity contribution is -0.119. The maximum atomic E-state index is 12.6. The van der Waals surface area contributed by atoms with Crippen molar-refractivity contribution >= 4 is 24.0 Å². The first-order chi connectivity index (χ1) is 11.2. The minimum atomic E-state index is -0.787. The monoisotopic (exact) mass is 335 g/mol. The van der Waals surface area contributed by atoms with E-state index in [9.17, 15) is 14.4 Å². The summed E-state index contributed by atoms with van der Waals surface area (Å²) >= 11 is 0. The molecule has 0 bridgehead atoms. The van der Waals surface area contributed by atoms with Crippen LogP contribution in [0.15, 0.2) is 18.5 Å². The normalized spacial score (nSPS) is 13.5. The zero-order valence-corrected chi connectivity index (χ0v) is 14.8. The molecular weight excluding hydrogens is 310 g/mol. The van der Waals surface area contributed by atoms with Crippen LogP contribution in [0, 0.1) is 5.92 Å². The van der Waals surface area contributed by atoms with Gasteiger partial charge < -0.3 is 15.4 Å². The molecule has 2 amide bonds. The molecule has 7 heteroatoms. The molecule has 1 aromatic heterocycles. The third-order valence-electron chi connectivity index (χ3n) is 3.41. The number of pyridine rings is 1. The van der Waals surface area contributed by atoms with Gasteiger partial charge in [0.15, 0.2) is 6.29 Å². The second-order valence-electron chi connectivity index (χ2n) is 6.58. The zero-order valence-electron chi connectivity index (χ0n) is 14.8. The minimum Gasteiger partial charge on any atom is -0.444 e. The molecule has 1 aromatic rings. The largest absolute Gasteiger partial charge is 0.444 e. The number of carbonyl (C=O) groups is 3. The molecule has 1 rings (SSSR count). The molecule has 2 atom stereocenters. The van der Waals surface area contributed by atoms with Crippen molar-refractivity contribution in [2.24, 2.45) is 5.92 Å². The van der Waals surface area contributed by atoms with Gasteiger partial charge in [0.2, 0.25) is 5.91 Å². The molecule has 0 aliphatic rings. The highest BCUT2D eigenvalue weighted by Gasteiger charge is 2.28. The zero-order chi connectivity index (χ0) is 18.3. The van der Waals surface area contributed by atoms with Gasteiger partial charge in [-0.2, -0.15) is 0 Å². The van der Waals surface area contributed by atoms with E-state index in [0.717, 1.165) is 0 Å². The number of hydrogen-bond acceptors (Lipinski definition) is 5. The fourth-order valence-corrected chi connectivity index (χ4v) is 1.96. The van der Waals surface area contributed by atoms with E-state index in [1.54, 1.807) is 20.8 Å². The predicted molar refractivity (Wildman–Crippen MR) is 90.9 cm³/mol. The van der Waals surface area contributed by atoms with Gasteiger partial charge in [0.05, 0.1) is 11.9 Å². The van der Waals surface area contributed by atoms with Gasteiger partial charge >= 0.3 is 6.09 Å². The first-order valence-electron chi connectivity index (χ1n) is 7.87. The summed E-state index contributed by atoms with van der Waals surface area (Å²) < 4.78 is 5.21. The molecule has 0 radical (unpaired) electrons. The van der Waals surface area contributed by atoms with Crippen molar-refractivity contribution in [2.45, 2.75) is 52.7 Å². The average molecular weight is 335 g/mol. The quantitative estimate of drug-likeness (QED) is 0.779. The van der Waals surface area contributed by atoms with E-state index >= 15 is 0 Å². The molecule has 0 spiro atoms. The lowest BCUT2D eigenvalue weighted by atomic mass is 9.98. The molecule has 0 saturated carbocycles. The molecule has 132 valence electrons. The Balaban J connectivity index is 2.89. The van der Waals surface area contributed by atoms with Gasteiger partial charge in [0, 0.05) is 11.8 Å². The van der Waals surface area contributed by atoms with Crippen LogP contribution in [0.3, 0.4) is 0 Å². The summed E-state index contributed by atoms with van der Waals surface area (Å²) in [6, 6.07) is 0.715. The molecule has 7 nitrogen and oxygen atoms in total. The van der Waals surface area contributed by atoms with Crippen LogP contribution in [0.1, 0.15) is 51.4 Å². The standard InChI is InChI=1S/C17H25N3O4/c1-6-11(2)14(20-16(23)24-17(3,4)5)15(22)19-13-9-18-8-7-12(13)10-21/h7-11,14H,6H2,1-5H3,(H,19,22)(H,20,23)/t11-,14-/m0/s1. The SMILES string of the molecule is CC[C@H](C)[C@H](NC(=O)OC(C)(C)C)C(=O)Nc1cnccc1C=O. The Kier molecular flexibility index (Phi) is 6.88. The third-order valence-corrected chi connectivity index (χ3v) is 3.41. The lowest BCUT2D eigenvalue weighted by Crippen LogP contribution is -2.49. The van der Waals surface area contributed by atoms with Crippen molar-refractivity contribution in [3.8, 4) is 0 Å². The van der Waals surface area contributed by atoms with E-state index < -0.39 is 23.6 Å². The molecule has 0 fully saturated rings. The fraction of sp³-hybridized carbons (Fsp3) is 0.529. The Morgan fingerprint density at radius 1 is 1.38 bits per heavy atom. The minimum absolute atomic E-state index is 0.117. The molecule has 0 saturated heterocycles. The Bertz CT molecular complexity index is 596. The maximum Gasteiger partial charge on any atom is 0.408 e. The number of nitrogens with one attached hydrogen (secondary N) is 2. The van der Waals surface area contributed by atoms with Gasteiger partial charge in [-0.1, -0.05) is 20.3 Å². The van der Waals surface area contributed by atoms with Crippen molar-refractivity contribution < 1.29 is 19.1 Å². The summed E-state index contributed by atoms with van der Waals surface area (Å²) in [6.45, 7) is 9.01. The van der Waals surface area contributed by atoms with Gasteiger partial charge in [0.25, 0.3) is 0 Å². The smallest absolute Gasteiger partial charge is 0.408 e. The predicted octanol–water partition coefficient (Wildman–Crippen LogP) is 2.77. The van der Waals surface area contributed by atoms with E-state index in [2.05, 4.69) is 15.6 Å². The molecule has 24 heavy (non-hydrogen) atoms. The lowest BCUT2D eigenvalue weighted by Gasteiger charge is -2.26. The van der Waals surface area contributed by atoms with Crippen LogP contribution < -0.4 is 10.6 Å². The third kappa shape index (κ3) is 5.98. The second kappa shape index (κ2) is 8.42. The number of aromatic nitrogens is 1. The first-order valence-corrected chi connectivity index (χ1v) is 7.87. The Hall–Kier alpha value is -2.44. The van der Waals surface area contributed by atoms with Gasteiger partial charge in [-0.15, -0.1) is 0 Å². The topological polar surface area (TPSA) is 97.4 Å². The molecule has 2 N–H and O–H groups in total. The number of nitrogens with zero attached hydrogens (tertiary/aromatic N) is 1. The van der Waals surface area contributed by atoms with Crippen molar-refractivity contribution in [2.75, 3.05) is 5.32 Å². The number of ether oxygens (including phenoxy) is 1. The van der Waals surface area contributed by atoms with E-state index in [0.29, 0.717) is 24.0 Å². The Morgan fingerprint density at radius 3 is 2.58 bits per heavy atom. The maximum absolute atomic E-state index is 12.6. The van der Waals surface area contributed by atoms with E-state index in [1.807, 2.05) is 13.8 Å². The highest BCUT2D eigenvalue weighted by Crippen LogP contribution is 2.15. The first kappa shape index (κ1) is 19.6. The van der Waals surface area contributed by atoms with Gasteiger partial charge in [-0.25, -0.2) is 4.79 Å². The molecule has 0 unspecified atom stereocenters.